The van der Waals surface area contributed by atoms with Crippen LogP contribution in [-0.2, 0) is 6.42 Å². The molecule has 0 saturated carbocycles. The van der Waals surface area contributed by atoms with Crippen molar-refractivity contribution < 1.29 is 0 Å². The van der Waals surface area contributed by atoms with E-state index in [1.165, 1.54) is 5.56 Å². The number of halogens is 2. The summed E-state index contributed by atoms with van der Waals surface area (Å²) in [6.45, 7) is 0.831. The summed E-state index contributed by atoms with van der Waals surface area (Å²) in [6, 6.07) is 5.67. The van der Waals surface area contributed by atoms with E-state index in [2.05, 4.69) is 5.32 Å². The van der Waals surface area contributed by atoms with Gasteiger partial charge in [0.05, 0.1) is 10.0 Å². The van der Waals surface area contributed by atoms with Crippen molar-refractivity contribution in [3.8, 4) is 0 Å². The van der Waals surface area contributed by atoms with E-state index >= 15 is 0 Å². The lowest BCUT2D eigenvalue weighted by atomic mass is 10.1. The zero-order valence-electron chi connectivity index (χ0n) is 6.85. The second-order valence-electron chi connectivity index (χ2n) is 2.54. The second kappa shape index (κ2) is 4.70. The maximum absolute atomic E-state index is 5.83. The maximum atomic E-state index is 5.83. The third-order valence-electron chi connectivity index (χ3n) is 1.61. The fourth-order valence-electron chi connectivity index (χ4n) is 0.936. The quantitative estimate of drug-likeness (QED) is 0.717. The highest BCUT2D eigenvalue weighted by Crippen LogP contribution is 2.22. The lowest BCUT2D eigenvalue weighted by Crippen LogP contribution is -2.02. The van der Waals surface area contributed by atoms with Crippen molar-refractivity contribution in [1.29, 1.82) is 0 Å². The molecule has 0 aliphatic heterocycles. The molecule has 1 radical (unpaired) electrons. The molecule has 1 rings (SSSR count). The molecule has 0 aliphatic rings. The van der Waals surface area contributed by atoms with Crippen molar-refractivity contribution >= 4 is 23.2 Å². The minimum Gasteiger partial charge on any atom is -0.245 e. The molecule has 12 heavy (non-hydrogen) atoms. The second-order valence-corrected chi connectivity index (χ2v) is 3.35. The van der Waals surface area contributed by atoms with Crippen molar-refractivity contribution in [1.82, 2.24) is 5.32 Å². The summed E-state index contributed by atoms with van der Waals surface area (Å²) in [5.41, 5.74) is 1.18. The largest absolute Gasteiger partial charge is 0.245 e. The molecule has 0 fully saturated rings. The fraction of sp³-hybridized carbons (Fsp3) is 0.333. The Labute approximate surface area is 82.7 Å². The predicted octanol–water partition coefficient (Wildman–Crippen LogP) is 2.77. The van der Waals surface area contributed by atoms with Gasteiger partial charge in [-0.15, -0.1) is 0 Å². The van der Waals surface area contributed by atoms with Crippen molar-refractivity contribution in [2.45, 2.75) is 6.42 Å². The van der Waals surface area contributed by atoms with Crippen molar-refractivity contribution in [3.05, 3.63) is 33.8 Å². The van der Waals surface area contributed by atoms with E-state index in [-0.39, 0.29) is 0 Å². The van der Waals surface area contributed by atoms with E-state index in [1.54, 1.807) is 7.05 Å². The highest BCUT2D eigenvalue weighted by atomic mass is 35.5. The fourth-order valence-corrected chi connectivity index (χ4v) is 1.26. The minimum absolute atomic E-state index is 0.605. The number of benzene rings is 1. The van der Waals surface area contributed by atoms with Crippen LogP contribution in [0, 0.1) is 0 Å². The number of nitrogens with zero attached hydrogens (tertiary/aromatic N) is 1. The molecule has 1 nitrogen and oxygen atoms in total. The molecule has 0 aliphatic carbocycles. The predicted molar refractivity (Wildman–Crippen MR) is 53.1 cm³/mol. The number of hydrogen-bond donors (Lipinski definition) is 0. The molecule has 3 heteroatoms. The van der Waals surface area contributed by atoms with Crippen LogP contribution in [0.3, 0.4) is 0 Å². The summed E-state index contributed by atoms with van der Waals surface area (Å²) in [4.78, 5) is 0. The topological polar surface area (TPSA) is 14.1 Å². The SMILES string of the molecule is C[N]CCc1ccc(Cl)c(Cl)c1. The smallest absolute Gasteiger partial charge is 0.0595 e. The lowest BCUT2D eigenvalue weighted by molar-refractivity contribution is 0.777. The van der Waals surface area contributed by atoms with Crippen LogP contribution < -0.4 is 5.32 Å². The Morgan fingerprint density at radius 1 is 1.25 bits per heavy atom. The molecule has 0 spiro atoms. The van der Waals surface area contributed by atoms with Crippen LogP contribution in [-0.4, -0.2) is 13.6 Å². The summed E-state index contributed by atoms with van der Waals surface area (Å²) in [5.74, 6) is 0. The van der Waals surface area contributed by atoms with Crippen LogP contribution in [0.15, 0.2) is 18.2 Å². The average molecular weight is 203 g/mol. The summed E-state index contributed by atoms with van der Waals surface area (Å²) >= 11 is 11.6. The summed E-state index contributed by atoms with van der Waals surface area (Å²) in [6.07, 6.45) is 0.924. The molecular weight excluding hydrogens is 193 g/mol. The highest BCUT2D eigenvalue weighted by Gasteiger charge is 1.98. The summed E-state index contributed by atoms with van der Waals surface area (Å²) in [7, 11) is 1.80. The standard InChI is InChI=1S/C9H10Cl2N/c1-12-5-4-7-2-3-8(10)9(11)6-7/h2-3,6H,4-5H2,1H3. The van der Waals surface area contributed by atoms with Gasteiger partial charge in [0, 0.05) is 13.6 Å². The zero-order chi connectivity index (χ0) is 8.97. The Kier molecular flexibility index (Phi) is 3.86. The first kappa shape index (κ1) is 9.85. The Bertz CT molecular complexity index is 261. The molecule has 0 unspecified atom stereocenters. The van der Waals surface area contributed by atoms with Crippen LogP contribution in [0.25, 0.3) is 0 Å². The highest BCUT2D eigenvalue weighted by molar-refractivity contribution is 6.42. The lowest BCUT2D eigenvalue weighted by Gasteiger charge is -2.01. The van der Waals surface area contributed by atoms with E-state index in [0.29, 0.717) is 10.0 Å². The Balaban J connectivity index is 2.69. The molecule has 0 aromatic heterocycles. The van der Waals surface area contributed by atoms with Gasteiger partial charge in [0.25, 0.3) is 0 Å². The normalized spacial score (nSPS) is 10.2. The van der Waals surface area contributed by atoms with Gasteiger partial charge in [-0.1, -0.05) is 29.3 Å². The van der Waals surface area contributed by atoms with Crippen LogP contribution in [0.2, 0.25) is 10.0 Å². The van der Waals surface area contributed by atoms with E-state index in [1.807, 2.05) is 18.2 Å². The van der Waals surface area contributed by atoms with Crippen LogP contribution in [0.5, 0.6) is 0 Å². The number of hydrogen-bond acceptors (Lipinski definition) is 0. The van der Waals surface area contributed by atoms with Crippen LogP contribution in [0.4, 0.5) is 0 Å². The monoisotopic (exact) mass is 202 g/mol. The van der Waals surface area contributed by atoms with Gasteiger partial charge in [-0.25, -0.2) is 5.32 Å². The van der Waals surface area contributed by atoms with Crippen molar-refractivity contribution in [2.75, 3.05) is 13.6 Å². The molecule has 0 saturated heterocycles. The average Bonchev–Trinajstić information content (AvgIpc) is 2.07. The zero-order valence-corrected chi connectivity index (χ0v) is 8.36. The van der Waals surface area contributed by atoms with Gasteiger partial charge in [-0.05, 0) is 24.1 Å². The van der Waals surface area contributed by atoms with Gasteiger partial charge in [0.2, 0.25) is 0 Å². The molecule has 0 bridgehead atoms. The molecule has 1 aromatic rings. The Hall–Kier alpha value is -0.240. The molecule has 0 atom stereocenters. The van der Waals surface area contributed by atoms with Crippen LogP contribution >= 0.6 is 23.2 Å². The molecule has 0 heterocycles. The third kappa shape index (κ3) is 2.67. The van der Waals surface area contributed by atoms with Crippen molar-refractivity contribution in [2.24, 2.45) is 0 Å². The first-order valence-corrected chi connectivity index (χ1v) is 4.49. The molecule has 0 amide bonds. The van der Waals surface area contributed by atoms with E-state index < -0.39 is 0 Å². The van der Waals surface area contributed by atoms with Gasteiger partial charge in [-0.3, -0.25) is 0 Å². The molecule has 1 aromatic carbocycles. The Morgan fingerprint density at radius 3 is 2.58 bits per heavy atom. The molecule has 65 valence electrons. The van der Waals surface area contributed by atoms with E-state index in [9.17, 15) is 0 Å². The number of likely N-dealkylation sites (N-methyl/N-ethyl adjacent to an activating group) is 1. The third-order valence-corrected chi connectivity index (χ3v) is 2.35. The number of rotatable bonds is 3. The van der Waals surface area contributed by atoms with E-state index in [4.69, 9.17) is 23.2 Å². The van der Waals surface area contributed by atoms with Crippen molar-refractivity contribution in [3.63, 3.8) is 0 Å². The first-order chi connectivity index (χ1) is 5.74. The Morgan fingerprint density at radius 2 is 2.00 bits per heavy atom. The van der Waals surface area contributed by atoms with Crippen LogP contribution in [0.1, 0.15) is 5.56 Å². The first-order valence-electron chi connectivity index (χ1n) is 3.73. The minimum atomic E-state index is 0.605. The summed E-state index contributed by atoms with van der Waals surface area (Å²) < 4.78 is 0. The van der Waals surface area contributed by atoms with Gasteiger partial charge in [-0.2, -0.15) is 0 Å². The van der Waals surface area contributed by atoms with E-state index in [0.717, 1.165) is 13.0 Å². The van der Waals surface area contributed by atoms with Gasteiger partial charge < -0.3 is 0 Å². The molecular formula is C9H10Cl2N. The maximum Gasteiger partial charge on any atom is 0.0595 e. The van der Waals surface area contributed by atoms with Gasteiger partial charge in [0.1, 0.15) is 0 Å². The molecule has 0 N–H and O–H groups in total. The van der Waals surface area contributed by atoms with Gasteiger partial charge >= 0.3 is 0 Å². The summed E-state index contributed by atoms with van der Waals surface area (Å²) in [5, 5.41) is 5.23. The van der Waals surface area contributed by atoms with Gasteiger partial charge in [0.15, 0.2) is 0 Å².